The Morgan fingerprint density at radius 2 is 1.81 bits per heavy atom. The molecule has 0 spiro atoms. The van der Waals surface area contributed by atoms with Crippen LogP contribution in [-0.2, 0) is 9.53 Å². The lowest BCUT2D eigenvalue weighted by Gasteiger charge is -2.13. The molecule has 0 aromatic heterocycles. The SMILES string of the molecule is CC1(C)C(C=C(Cl)C(F)(F)F)[C@H]1C(=O)OC(C#N)c1cccc(Oc2ccccc2)c1. The highest BCUT2D eigenvalue weighted by Gasteiger charge is 2.62. The quantitative estimate of drug-likeness (QED) is 0.469. The fourth-order valence-electron chi connectivity index (χ4n) is 3.42. The second-order valence-electron chi connectivity index (χ2n) is 7.77. The van der Waals surface area contributed by atoms with Crippen molar-refractivity contribution in [2.75, 3.05) is 0 Å². The molecule has 1 aliphatic rings. The molecule has 0 heterocycles. The van der Waals surface area contributed by atoms with Gasteiger partial charge < -0.3 is 9.47 Å². The van der Waals surface area contributed by atoms with Gasteiger partial charge in [-0.3, -0.25) is 4.79 Å². The number of hydrogen-bond donors (Lipinski definition) is 0. The molecule has 1 aliphatic carbocycles. The molecule has 31 heavy (non-hydrogen) atoms. The van der Waals surface area contributed by atoms with E-state index in [2.05, 4.69) is 0 Å². The van der Waals surface area contributed by atoms with Crippen molar-refractivity contribution < 1.29 is 27.4 Å². The standard InChI is InChI=1S/C23H19ClF3NO3/c1-22(2)17(12-19(24)23(25,26)27)20(22)21(29)31-18(13-28)14-7-6-10-16(11-14)30-15-8-4-3-5-9-15/h3-12,17-18,20H,1-2H3/t17?,18?,20-/m0/s1. The number of carbonyl (C=O) groups excluding carboxylic acids is 1. The molecule has 0 amide bonds. The summed E-state index contributed by atoms with van der Waals surface area (Å²) in [4.78, 5) is 12.6. The van der Waals surface area contributed by atoms with Crippen LogP contribution in [0, 0.1) is 28.6 Å². The van der Waals surface area contributed by atoms with Gasteiger partial charge in [-0.1, -0.05) is 61.9 Å². The van der Waals surface area contributed by atoms with Gasteiger partial charge in [0, 0.05) is 5.56 Å². The molecule has 0 radical (unpaired) electrons. The molecule has 0 N–H and O–H groups in total. The van der Waals surface area contributed by atoms with Gasteiger partial charge in [0.2, 0.25) is 6.10 Å². The maximum Gasteiger partial charge on any atom is 0.426 e. The van der Waals surface area contributed by atoms with E-state index in [1.54, 1.807) is 50.2 Å². The van der Waals surface area contributed by atoms with Gasteiger partial charge in [0.1, 0.15) is 22.6 Å². The summed E-state index contributed by atoms with van der Waals surface area (Å²) in [6.07, 6.45) is -5.07. The van der Waals surface area contributed by atoms with Crippen molar-refractivity contribution in [2.24, 2.45) is 17.3 Å². The van der Waals surface area contributed by atoms with Crippen LogP contribution < -0.4 is 4.74 Å². The molecule has 2 aromatic rings. The van der Waals surface area contributed by atoms with Crippen LogP contribution in [0.1, 0.15) is 25.5 Å². The Hall–Kier alpha value is -2.98. The van der Waals surface area contributed by atoms with Crippen LogP contribution in [0.15, 0.2) is 65.7 Å². The fraction of sp³-hybridized carbons (Fsp3) is 0.304. The number of carbonyl (C=O) groups is 1. The Morgan fingerprint density at radius 1 is 1.16 bits per heavy atom. The molecule has 0 aliphatic heterocycles. The third-order valence-electron chi connectivity index (χ3n) is 5.25. The lowest BCUT2D eigenvalue weighted by atomic mass is 10.1. The highest BCUT2D eigenvalue weighted by Crippen LogP contribution is 2.60. The zero-order valence-corrected chi connectivity index (χ0v) is 17.4. The predicted octanol–water partition coefficient (Wildman–Crippen LogP) is 6.54. The number of rotatable bonds is 6. The molecule has 2 aromatic carbocycles. The summed E-state index contributed by atoms with van der Waals surface area (Å²) < 4.78 is 49.2. The van der Waals surface area contributed by atoms with E-state index in [1.807, 2.05) is 24.3 Å². The van der Waals surface area contributed by atoms with Crippen LogP contribution in [0.5, 0.6) is 11.5 Å². The number of allylic oxidation sites excluding steroid dienone is 2. The minimum Gasteiger partial charge on any atom is -0.457 e. The molecular formula is C23H19ClF3NO3. The van der Waals surface area contributed by atoms with Crippen LogP contribution in [0.25, 0.3) is 0 Å². The van der Waals surface area contributed by atoms with Crippen molar-refractivity contribution in [2.45, 2.75) is 26.1 Å². The molecule has 3 atom stereocenters. The van der Waals surface area contributed by atoms with E-state index in [0.29, 0.717) is 17.1 Å². The van der Waals surface area contributed by atoms with Gasteiger partial charge in [-0.15, -0.1) is 0 Å². The number of halogens is 4. The minimum atomic E-state index is -4.68. The zero-order valence-electron chi connectivity index (χ0n) is 16.7. The molecule has 3 rings (SSSR count). The predicted molar refractivity (Wildman–Crippen MR) is 108 cm³/mol. The molecule has 4 nitrogen and oxygen atoms in total. The van der Waals surface area contributed by atoms with E-state index in [9.17, 15) is 23.2 Å². The Morgan fingerprint density at radius 3 is 2.42 bits per heavy atom. The number of nitriles is 1. The van der Waals surface area contributed by atoms with Gasteiger partial charge in [-0.25, -0.2) is 0 Å². The number of para-hydroxylation sites is 1. The molecule has 0 bridgehead atoms. The maximum atomic E-state index is 12.7. The fourth-order valence-corrected chi connectivity index (χ4v) is 3.55. The Labute approximate surface area is 182 Å². The van der Waals surface area contributed by atoms with Gasteiger partial charge in [0.25, 0.3) is 0 Å². The highest BCUT2D eigenvalue weighted by atomic mass is 35.5. The molecule has 2 unspecified atom stereocenters. The van der Waals surface area contributed by atoms with Crippen molar-refractivity contribution >= 4 is 17.6 Å². The first kappa shape index (κ1) is 22.7. The molecular weight excluding hydrogens is 431 g/mol. The Balaban J connectivity index is 1.72. The number of alkyl halides is 3. The summed E-state index contributed by atoms with van der Waals surface area (Å²) in [7, 11) is 0. The minimum absolute atomic E-state index is 0.392. The molecule has 162 valence electrons. The average Bonchev–Trinajstić information content (AvgIpc) is 3.26. The normalized spacial score (nSPS) is 21.0. The monoisotopic (exact) mass is 449 g/mol. The van der Waals surface area contributed by atoms with Gasteiger partial charge in [-0.2, -0.15) is 18.4 Å². The van der Waals surface area contributed by atoms with Crippen molar-refractivity contribution in [3.63, 3.8) is 0 Å². The van der Waals surface area contributed by atoms with Crippen LogP contribution in [0.2, 0.25) is 0 Å². The van der Waals surface area contributed by atoms with Gasteiger partial charge >= 0.3 is 12.1 Å². The molecule has 1 fully saturated rings. The number of benzene rings is 2. The zero-order chi connectivity index (χ0) is 22.8. The lowest BCUT2D eigenvalue weighted by molar-refractivity contribution is -0.149. The topological polar surface area (TPSA) is 59.3 Å². The summed E-state index contributed by atoms with van der Waals surface area (Å²) in [6, 6.07) is 17.4. The highest BCUT2D eigenvalue weighted by molar-refractivity contribution is 6.30. The molecule has 0 saturated heterocycles. The van der Waals surface area contributed by atoms with Crippen LogP contribution in [-0.4, -0.2) is 12.1 Å². The lowest BCUT2D eigenvalue weighted by Crippen LogP contribution is -2.14. The van der Waals surface area contributed by atoms with Gasteiger partial charge in [0.05, 0.1) is 5.92 Å². The second-order valence-corrected chi connectivity index (χ2v) is 8.18. The number of hydrogen-bond acceptors (Lipinski definition) is 4. The summed E-state index contributed by atoms with van der Waals surface area (Å²) in [5, 5.41) is 8.23. The van der Waals surface area contributed by atoms with Crippen molar-refractivity contribution in [3.8, 4) is 17.6 Å². The average molecular weight is 450 g/mol. The first-order valence-electron chi connectivity index (χ1n) is 9.41. The van der Waals surface area contributed by atoms with E-state index in [1.165, 1.54) is 0 Å². The van der Waals surface area contributed by atoms with E-state index >= 15 is 0 Å². The van der Waals surface area contributed by atoms with E-state index in [4.69, 9.17) is 21.1 Å². The maximum absolute atomic E-state index is 12.7. The largest absolute Gasteiger partial charge is 0.457 e. The third-order valence-corrected chi connectivity index (χ3v) is 5.59. The smallest absolute Gasteiger partial charge is 0.426 e. The number of esters is 1. The molecule has 8 heteroatoms. The summed E-state index contributed by atoms with van der Waals surface area (Å²) in [5.41, 5.74) is -0.371. The summed E-state index contributed by atoms with van der Waals surface area (Å²) in [6.45, 7) is 3.30. The first-order chi connectivity index (χ1) is 14.5. The molecule has 1 saturated carbocycles. The summed E-state index contributed by atoms with van der Waals surface area (Å²) >= 11 is 5.32. The summed E-state index contributed by atoms with van der Waals surface area (Å²) in [5.74, 6) is -1.27. The van der Waals surface area contributed by atoms with Crippen molar-refractivity contribution in [3.05, 3.63) is 71.3 Å². The van der Waals surface area contributed by atoms with Crippen LogP contribution in [0.4, 0.5) is 13.2 Å². The van der Waals surface area contributed by atoms with Crippen LogP contribution in [0.3, 0.4) is 0 Å². The third kappa shape index (κ3) is 5.20. The number of nitrogens with zero attached hydrogens (tertiary/aromatic N) is 1. The van der Waals surface area contributed by atoms with Crippen molar-refractivity contribution in [1.29, 1.82) is 5.26 Å². The van der Waals surface area contributed by atoms with Gasteiger partial charge in [0.15, 0.2) is 0 Å². The van der Waals surface area contributed by atoms with Crippen molar-refractivity contribution in [1.82, 2.24) is 0 Å². The van der Waals surface area contributed by atoms with E-state index in [-0.39, 0.29) is 0 Å². The Kier molecular flexibility index (Phi) is 6.33. The Bertz CT molecular complexity index is 1030. The van der Waals surface area contributed by atoms with Crippen LogP contribution >= 0.6 is 11.6 Å². The first-order valence-corrected chi connectivity index (χ1v) is 9.79. The number of ether oxygens (including phenoxy) is 2. The van der Waals surface area contributed by atoms with Gasteiger partial charge in [-0.05, 0) is 35.6 Å². The van der Waals surface area contributed by atoms with E-state index in [0.717, 1.165) is 6.08 Å². The second kappa shape index (κ2) is 8.64. The van der Waals surface area contributed by atoms with E-state index < -0.39 is 40.5 Å².